The van der Waals surface area contributed by atoms with Gasteiger partial charge < -0.3 is 5.32 Å². The Labute approximate surface area is 133 Å². The standard InChI is InChI=1S/C16H14ClN3O2/c1-11-13(17)8-5-9-14(11)19-15(21)16(22)20-18-10-12-6-3-2-4-7-12/h2-10H,1H3,(H,19,21)(H,20,22). The number of nitrogens with one attached hydrogen (secondary N) is 2. The molecule has 112 valence electrons. The number of rotatable bonds is 3. The molecule has 2 aromatic carbocycles. The summed E-state index contributed by atoms with van der Waals surface area (Å²) in [7, 11) is 0. The molecule has 0 aromatic heterocycles. The zero-order valence-corrected chi connectivity index (χ0v) is 12.6. The van der Waals surface area contributed by atoms with Crippen LogP contribution in [0.15, 0.2) is 53.6 Å². The van der Waals surface area contributed by atoms with Gasteiger partial charge in [-0.15, -0.1) is 0 Å². The summed E-state index contributed by atoms with van der Waals surface area (Å²) in [6.45, 7) is 1.75. The molecule has 0 saturated carbocycles. The molecule has 0 aliphatic rings. The van der Waals surface area contributed by atoms with E-state index in [0.717, 1.165) is 5.56 Å². The van der Waals surface area contributed by atoms with Crippen LogP contribution in [0, 0.1) is 6.92 Å². The number of benzene rings is 2. The molecule has 2 amide bonds. The lowest BCUT2D eigenvalue weighted by molar-refractivity contribution is -0.136. The number of hydrazone groups is 1. The van der Waals surface area contributed by atoms with E-state index < -0.39 is 11.8 Å². The van der Waals surface area contributed by atoms with Crippen molar-refractivity contribution in [2.45, 2.75) is 6.92 Å². The molecule has 0 spiro atoms. The van der Waals surface area contributed by atoms with Gasteiger partial charge in [-0.25, -0.2) is 5.43 Å². The van der Waals surface area contributed by atoms with Crippen molar-refractivity contribution in [3.8, 4) is 0 Å². The average Bonchev–Trinajstić information content (AvgIpc) is 2.52. The van der Waals surface area contributed by atoms with E-state index in [1.165, 1.54) is 6.21 Å². The molecule has 22 heavy (non-hydrogen) atoms. The van der Waals surface area contributed by atoms with Crippen LogP contribution in [0.4, 0.5) is 5.69 Å². The fourth-order valence-corrected chi connectivity index (χ4v) is 1.85. The third kappa shape index (κ3) is 4.17. The van der Waals surface area contributed by atoms with Crippen LogP contribution < -0.4 is 10.7 Å². The molecule has 0 saturated heterocycles. The van der Waals surface area contributed by atoms with Gasteiger partial charge in [-0.05, 0) is 30.2 Å². The van der Waals surface area contributed by atoms with Crippen molar-refractivity contribution >= 4 is 35.3 Å². The second-order valence-corrected chi connectivity index (χ2v) is 4.88. The Kier molecular flexibility index (Phi) is 5.27. The van der Waals surface area contributed by atoms with Crippen molar-refractivity contribution in [3.05, 3.63) is 64.7 Å². The first kappa shape index (κ1) is 15.7. The maximum atomic E-state index is 11.8. The van der Waals surface area contributed by atoms with Crippen molar-refractivity contribution < 1.29 is 9.59 Å². The summed E-state index contributed by atoms with van der Waals surface area (Å²) in [6, 6.07) is 14.3. The molecule has 0 heterocycles. The number of hydrogen-bond donors (Lipinski definition) is 2. The number of amides is 2. The Morgan fingerprint density at radius 2 is 1.77 bits per heavy atom. The van der Waals surface area contributed by atoms with Gasteiger partial charge in [-0.3, -0.25) is 9.59 Å². The van der Waals surface area contributed by atoms with Gasteiger partial charge in [-0.1, -0.05) is 48.0 Å². The highest BCUT2D eigenvalue weighted by Gasteiger charge is 2.14. The molecule has 0 aliphatic carbocycles. The van der Waals surface area contributed by atoms with Crippen LogP contribution in [-0.4, -0.2) is 18.0 Å². The first-order valence-electron chi connectivity index (χ1n) is 6.52. The summed E-state index contributed by atoms with van der Waals surface area (Å²) in [6.07, 6.45) is 1.45. The molecule has 0 radical (unpaired) electrons. The summed E-state index contributed by atoms with van der Waals surface area (Å²) >= 11 is 5.95. The van der Waals surface area contributed by atoms with Gasteiger partial charge in [0.2, 0.25) is 0 Å². The molecule has 2 N–H and O–H groups in total. The Hall–Kier alpha value is -2.66. The third-order valence-electron chi connectivity index (χ3n) is 2.90. The molecule has 0 fully saturated rings. The summed E-state index contributed by atoms with van der Waals surface area (Å²) in [5, 5.41) is 6.74. The number of nitrogens with zero attached hydrogens (tertiary/aromatic N) is 1. The minimum Gasteiger partial charge on any atom is -0.317 e. The highest BCUT2D eigenvalue weighted by molar-refractivity contribution is 6.40. The SMILES string of the molecule is Cc1c(Cl)cccc1NC(=O)C(=O)NN=Cc1ccccc1. The Morgan fingerprint density at radius 1 is 1.05 bits per heavy atom. The average molecular weight is 316 g/mol. The van der Waals surface area contributed by atoms with Gasteiger partial charge in [-0.2, -0.15) is 5.10 Å². The molecular weight excluding hydrogens is 302 g/mol. The summed E-state index contributed by atoms with van der Waals surface area (Å²) < 4.78 is 0. The summed E-state index contributed by atoms with van der Waals surface area (Å²) in [4.78, 5) is 23.4. The van der Waals surface area contributed by atoms with E-state index in [1.807, 2.05) is 30.3 Å². The van der Waals surface area contributed by atoms with E-state index in [0.29, 0.717) is 16.3 Å². The highest BCUT2D eigenvalue weighted by Crippen LogP contribution is 2.22. The largest absolute Gasteiger partial charge is 0.329 e. The number of halogens is 1. The first-order valence-corrected chi connectivity index (χ1v) is 6.90. The van der Waals surface area contributed by atoms with Crippen LogP contribution >= 0.6 is 11.6 Å². The molecule has 0 unspecified atom stereocenters. The van der Waals surface area contributed by atoms with Crippen LogP contribution in [0.5, 0.6) is 0 Å². The van der Waals surface area contributed by atoms with Gasteiger partial charge in [0.05, 0.1) is 6.21 Å². The van der Waals surface area contributed by atoms with Gasteiger partial charge in [0.25, 0.3) is 0 Å². The number of hydrogen-bond acceptors (Lipinski definition) is 3. The molecule has 2 rings (SSSR count). The molecule has 0 bridgehead atoms. The van der Waals surface area contributed by atoms with Crippen LogP contribution in [0.25, 0.3) is 0 Å². The van der Waals surface area contributed by atoms with Crippen LogP contribution in [0.1, 0.15) is 11.1 Å². The number of anilines is 1. The molecule has 5 nitrogen and oxygen atoms in total. The van der Waals surface area contributed by atoms with Crippen molar-refractivity contribution in [1.82, 2.24) is 5.43 Å². The zero-order valence-electron chi connectivity index (χ0n) is 11.8. The van der Waals surface area contributed by atoms with Gasteiger partial charge in [0.15, 0.2) is 0 Å². The molecule has 2 aromatic rings. The smallest absolute Gasteiger partial charge is 0.317 e. The molecular formula is C16H14ClN3O2. The van der Waals surface area contributed by atoms with Crippen molar-refractivity contribution in [3.63, 3.8) is 0 Å². The maximum absolute atomic E-state index is 11.8. The van der Waals surface area contributed by atoms with Gasteiger partial charge in [0, 0.05) is 10.7 Å². The lowest BCUT2D eigenvalue weighted by Crippen LogP contribution is -2.32. The number of carbonyl (C=O) groups excluding carboxylic acids is 2. The highest BCUT2D eigenvalue weighted by atomic mass is 35.5. The Bertz CT molecular complexity index is 715. The lowest BCUT2D eigenvalue weighted by atomic mass is 10.2. The van der Waals surface area contributed by atoms with Crippen LogP contribution in [0.2, 0.25) is 5.02 Å². The third-order valence-corrected chi connectivity index (χ3v) is 3.31. The van der Waals surface area contributed by atoms with Crippen molar-refractivity contribution in [2.75, 3.05) is 5.32 Å². The Morgan fingerprint density at radius 3 is 2.50 bits per heavy atom. The fraction of sp³-hybridized carbons (Fsp3) is 0.0625. The normalized spacial score (nSPS) is 10.5. The second kappa shape index (κ2) is 7.38. The lowest BCUT2D eigenvalue weighted by Gasteiger charge is -2.08. The van der Waals surface area contributed by atoms with Crippen molar-refractivity contribution in [1.29, 1.82) is 0 Å². The van der Waals surface area contributed by atoms with E-state index in [-0.39, 0.29) is 0 Å². The second-order valence-electron chi connectivity index (χ2n) is 4.48. The minimum atomic E-state index is -0.855. The topological polar surface area (TPSA) is 70.6 Å². The van der Waals surface area contributed by atoms with Gasteiger partial charge >= 0.3 is 11.8 Å². The van der Waals surface area contributed by atoms with Crippen LogP contribution in [-0.2, 0) is 9.59 Å². The van der Waals surface area contributed by atoms with E-state index >= 15 is 0 Å². The van der Waals surface area contributed by atoms with Crippen LogP contribution in [0.3, 0.4) is 0 Å². The van der Waals surface area contributed by atoms with Gasteiger partial charge in [0.1, 0.15) is 0 Å². The molecule has 0 atom stereocenters. The van der Waals surface area contributed by atoms with Crippen molar-refractivity contribution in [2.24, 2.45) is 5.10 Å². The predicted molar refractivity (Wildman–Crippen MR) is 87.0 cm³/mol. The molecule has 6 heteroatoms. The van der Waals surface area contributed by atoms with E-state index in [2.05, 4.69) is 15.8 Å². The predicted octanol–water partition coefficient (Wildman–Crippen LogP) is 2.74. The monoisotopic (exact) mass is 315 g/mol. The summed E-state index contributed by atoms with van der Waals surface area (Å²) in [5.41, 5.74) is 4.16. The minimum absolute atomic E-state index is 0.486. The first-order chi connectivity index (χ1) is 10.6. The summed E-state index contributed by atoms with van der Waals surface area (Å²) in [5.74, 6) is -1.66. The zero-order chi connectivity index (χ0) is 15.9. The maximum Gasteiger partial charge on any atom is 0.329 e. The van der Waals surface area contributed by atoms with E-state index in [4.69, 9.17) is 11.6 Å². The molecule has 0 aliphatic heterocycles. The van der Waals surface area contributed by atoms with E-state index in [1.54, 1.807) is 25.1 Å². The van der Waals surface area contributed by atoms with E-state index in [9.17, 15) is 9.59 Å². The fourth-order valence-electron chi connectivity index (χ4n) is 1.68. The Balaban J connectivity index is 1.94. The number of carbonyl (C=O) groups is 2. The quantitative estimate of drug-likeness (QED) is 0.519.